The fourth-order valence-corrected chi connectivity index (χ4v) is 4.28. The molecule has 4 rings (SSSR count). The number of aromatic nitrogens is 1. The Kier molecular flexibility index (Phi) is 7.60. The van der Waals surface area contributed by atoms with Crippen molar-refractivity contribution in [2.75, 3.05) is 38.2 Å². The summed E-state index contributed by atoms with van der Waals surface area (Å²) in [6.45, 7) is 3.87. The van der Waals surface area contributed by atoms with E-state index in [9.17, 15) is 9.59 Å². The Balaban J connectivity index is 1.36. The molecule has 0 saturated carbocycles. The van der Waals surface area contributed by atoms with Crippen LogP contribution in [-0.4, -0.2) is 54.5 Å². The van der Waals surface area contributed by atoms with E-state index in [1.54, 1.807) is 17.5 Å². The number of morpholine rings is 1. The maximum Gasteiger partial charge on any atom is 0.257 e. The van der Waals surface area contributed by atoms with Crippen LogP contribution in [0, 0.1) is 0 Å². The number of nitrogens with zero attached hydrogens (tertiary/aromatic N) is 2. The van der Waals surface area contributed by atoms with E-state index >= 15 is 0 Å². The number of carbonyl (C=O) groups excluding carboxylic acids is 2. The summed E-state index contributed by atoms with van der Waals surface area (Å²) in [5.41, 5.74) is 2.27. The summed E-state index contributed by atoms with van der Waals surface area (Å²) in [6.07, 6.45) is 0.157. The van der Waals surface area contributed by atoms with E-state index in [-0.39, 0.29) is 24.3 Å². The van der Waals surface area contributed by atoms with E-state index in [4.69, 9.17) is 4.74 Å². The van der Waals surface area contributed by atoms with E-state index in [2.05, 4.69) is 20.5 Å². The average molecular weight is 451 g/mol. The van der Waals surface area contributed by atoms with Crippen LogP contribution in [0.1, 0.15) is 27.7 Å². The topological polar surface area (TPSA) is 83.6 Å². The highest BCUT2D eigenvalue weighted by molar-refractivity contribution is 7.14. The molecule has 1 unspecified atom stereocenters. The van der Waals surface area contributed by atoms with Crippen molar-refractivity contribution in [3.8, 4) is 0 Å². The third kappa shape index (κ3) is 6.23. The van der Waals surface area contributed by atoms with Crippen molar-refractivity contribution in [3.05, 3.63) is 82.9 Å². The quantitative estimate of drug-likeness (QED) is 0.551. The monoisotopic (exact) mass is 450 g/mol. The average Bonchev–Trinajstić information content (AvgIpc) is 3.27. The molecule has 32 heavy (non-hydrogen) atoms. The second kappa shape index (κ2) is 11.0. The second-order valence-corrected chi connectivity index (χ2v) is 8.44. The van der Waals surface area contributed by atoms with Gasteiger partial charge in [0.05, 0.1) is 31.4 Å². The normalized spacial score (nSPS) is 15.1. The Morgan fingerprint density at radius 3 is 2.44 bits per heavy atom. The minimum Gasteiger partial charge on any atom is -0.379 e. The van der Waals surface area contributed by atoms with Crippen LogP contribution >= 0.6 is 11.3 Å². The SMILES string of the molecule is O=C(Cc1csc(NC(=O)c2ccccc2)n1)NC(CN1CCOCC1)c1ccccc1. The molecule has 0 spiro atoms. The number of ether oxygens (including phenoxy) is 1. The smallest absolute Gasteiger partial charge is 0.257 e. The molecule has 7 nitrogen and oxygen atoms in total. The van der Waals surface area contributed by atoms with Crippen LogP contribution in [0.25, 0.3) is 0 Å². The van der Waals surface area contributed by atoms with E-state index < -0.39 is 0 Å². The lowest BCUT2D eigenvalue weighted by Crippen LogP contribution is -2.43. The summed E-state index contributed by atoms with van der Waals surface area (Å²) in [5, 5.41) is 8.24. The van der Waals surface area contributed by atoms with Crippen molar-refractivity contribution in [2.24, 2.45) is 0 Å². The Hall–Kier alpha value is -3.07. The highest BCUT2D eigenvalue weighted by atomic mass is 32.1. The molecule has 0 bridgehead atoms. The minimum absolute atomic E-state index is 0.0988. The largest absolute Gasteiger partial charge is 0.379 e. The summed E-state index contributed by atoms with van der Waals surface area (Å²) >= 11 is 1.31. The molecule has 8 heteroatoms. The fourth-order valence-electron chi connectivity index (χ4n) is 3.58. The van der Waals surface area contributed by atoms with Gasteiger partial charge in [0.25, 0.3) is 5.91 Å². The Morgan fingerprint density at radius 2 is 1.72 bits per heavy atom. The first-order valence-electron chi connectivity index (χ1n) is 10.6. The van der Waals surface area contributed by atoms with Crippen LogP contribution < -0.4 is 10.6 Å². The highest BCUT2D eigenvalue weighted by Gasteiger charge is 2.21. The molecule has 0 aliphatic carbocycles. The van der Waals surface area contributed by atoms with Gasteiger partial charge in [-0.25, -0.2) is 4.98 Å². The van der Waals surface area contributed by atoms with Crippen LogP contribution in [0.2, 0.25) is 0 Å². The Bertz CT molecular complexity index is 1020. The van der Waals surface area contributed by atoms with Crippen molar-refractivity contribution in [1.29, 1.82) is 0 Å². The third-order valence-electron chi connectivity index (χ3n) is 5.23. The number of hydrogen-bond donors (Lipinski definition) is 2. The lowest BCUT2D eigenvalue weighted by atomic mass is 10.1. The van der Waals surface area contributed by atoms with Gasteiger partial charge >= 0.3 is 0 Å². The van der Waals surface area contributed by atoms with Gasteiger partial charge in [-0.15, -0.1) is 11.3 Å². The van der Waals surface area contributed by atoms with Gasteiger partial charge in [-0.1, -0.05) is 48.5 Å². The fraction of sp³-hybridized carbons (Fsp3) is 0.292. The zero-order valence-corrected chi connectivity index (χ0v) is 18.5. The molecule has 166 valence electrons. The van der Waals surface area contributed by atoms with Gasteiger partial charge in [0.15, 0.2) is 5.13 Å². The van der Waals surface area contributed by atoms with Crippen LogP contribution in [0.5, 0.6) is 0 Å². The van der Waals surface area contributed by atoms with E-state index in [1.807, 2.05) is 48.5 Å². The van der Waals surface area contributed by atoms with Gasteiger partial charge in [-0.3, -0.25) is 19.8 Å². The minimum atomic E-state index is -0.217. The van der Waals surface area contributed by atoms with Crippen LogP contribution in [0.15, 0.2) is 66.0 Å². The Morgan fingerprint density at radius 1 is 1.03 bits per heavy atom. The number of hydrogen-bond acceptors (Lipinski definition) is 6. The molecule has 1 atom stereocenters. The van der Waals surface area contributed by atoms with Gasteiger partial charge < -0.3 is 10.1 Å². The zero-order valence-electron chi connectivity index (χ0n) is 17.7. The molecular formula is C24H26N4O3S. The first kappa shape index (κ1) is 22.1. The number of amides is 2. The lowest BCUT2D eigenvalue weighted by molar-refractivity contribution is -0.121. The van der Waals surface area contributed by atoms with Crippen molar-refractivity contribution in [3.63, 3.8) is 0 Å². The Labute approximate surface area is 191 Å². The third-order valence-corrected chi connectivity index (χ3v) is 6.04. The highest BCUT2D eigenvalue weighted by Crippen LogP contribution is 2.19. The van der Waals surface area contributed by atoms with Gasteiger partial charge in [0.2, 0.25) is 5.91 Å². The summed E-state index contributed by atoms with van der Waals surface area (Å²) < 4.78 is 5.44. The number of nitrogens with one attached hydrogen (secondary N) is 2. The van der Waals surface area contributed by atoms with Crippen molar-refractivity contribution < 1.29 is 14.3 Å². The molecule has 1 aliphatic rings. The number of anilines is 1. The number of benzene rings is 2. The molecule has 2 aromatic carbocycles. The van der Waals surface area contributed by atoms with Crippen molar-refractivity contribution in [1.82, 2.24) is 15.2 Å². The molecule has 2 amide bonds. The van der Waals surface area contributed by atoms with Crippen LogP contribution in [0.4, 0.5) is 5.13 Å². The molecular weight excluding hydrogens is 424 g/mol. The molecule has 0 radical (unpaired) electrons. The van der Waals surface area contributed by atoms with Gasteiger partial charge in [0.1, 0.15) is 0 Å². The lowest BCUT2D eigenvalue weighted by Gasteiger charge is -2.31. The summed E-state index contributed by atoms with van der Waals surface area (Å²) in [6, 6.07) is 18.9. The van der Waals surface area contributed by atoms with Crippen molar-refractivity contribution >= 4 is 28.3 Å². The van der Waals surface area contributed by atoms with Gasteiger partial charge in [-0.2, -0.15) is 0 Å². The predicted molar refractivity (Wildman–Crippen MR) is 125 cm³/mol. The van der Waals surface area contributed by atoms with Gasteiger partial charge in [-0.05, 0) is 17.7 Å². The molecule has 1 aromatic heterocycles. The number of carbonyl (C=O) groups is 2. The standard InChI is InChI=1S/C24H26N4O3S/c29-22(15-20-17-32-24(25-20)27-23(30)19-9-5-2-6-10-19)26-21(18-7-3-1-4-8-18)16-28-11-13-31-14-12-28/h1-10,17,21H,11-16H2,(H,26,29)(H,25,27,30). The predicted octanol–water partition coefficient (Wildman–Crippen LogP) is 3.13. The summed E-state index contributed by atoms with van der Waals surface area (Å²) in [5.74, 6) is -0.316. The van der Waals surface area contributed by atoms with Crippen LogP contribution in [-0.2, 0) is 16.0 Å². The molecule has 1 saturated heterocycles. The number of thiazole rings is 1. The molecule has 1 aliphatic heterocycles. The van der Waals surface area contributed by atoms with Crippen molar-refractivity contribution in [2.45, 2.75) is 12.5 Å². The first-order valence-corrected chi connectivity index (χ1v) is 11.5. The summed E-state index contributed by atoms with van der Waals surface area (Å²) in [4.78, 5) is 31.8. The molecule has 3 aromatic rings. The van der Waals surface area contributed by atoms with E-state index in [0.717, 1.165) is 25.2 Å². The zero-order chi connectivity index (χ0) is 22.2. The van der Waals surface area contributed by atoms with E-state index in [1.165, 1.54) is 11.3 Å². The maximum atomic E-state index is 12.8. The molecule has 2 heterocycles. The maximum absolute atomic E-state index is 12.8. The summed E-state index contributed by atoms with van der Waals surface area (Å²) in [7, 11) is 0. The molecule has 1 fully saturated rings. The molecule has 2 N–H and O–H groups in total. The first-order chi connectivity index (χ1) is 15.7. The van der Waals surface area contributed by atoms with Crippen LogP contribution in [0.3, 0.4) is 0 Å². The number of rotatable bonds is 8. The van der Waals surface area contributed by atoms with Gasteiger partial charge in [0, 0.05) is 30.6 Å². The van der Waals surface area contributed by atoms with E-state index in [0.29, 0.717) is 29.6 Å². The second-order valence-electron chi connectivity index (χ2n) is 7.58.